The summed E-state index contributed by atoms with van der Waals surface area (Å²) in [6.07, 6.45) is 1.16. The van der Waals surface area contributed by atoms with Crippen LogP contribution in [0.5, 0.6) is 0 Å². The van der Waals surface area contributed by atoms with Crippen molar-refractivity contribution in [3.8, 4) is 0 Å². The Hall–Kier alpha value is 1.18. The summed E-state index contributed by atoms with van der Waals surface area (Å²) < 4.78 is 4.93. The Bertz CT molecular complexity index is 32.7. The zero-order valence-corrected chi connectivity index (χ0v) is 6.99. The van der Waals surface area contributed by atoms with Gasteiger partial charge in [0.25, 0.3) is 0 Å². The molecule has 0 radical (unpaired) electrons. The fraction of sp³-hybridized carbons (Fsp3) is 1.00. The summed E-state index contributed by atoms with van der Waals surface area (Å²) in [6.45, 7) is 2.13. The molecule has 36 valence electrons. The van der Waals surface area contributed by atoms with Gasteiger partial charge in [-0.25, -0.2) is 0 Å². The van der Waals surface area contributed by atoms with Gasteiger partial charge in [0.2, 0.25) is 0 Å². The van der Waals surface area contributed by atoms with Crippen LogP contribution in [0.4, 0.5) is 0 Å². The molecule has 0 saturated carbocycles. The first kappa shape index (κ1) is 7.18. The second-order valence-electron chi connectivity index (χ2n) is 1.01. The van der Waals surface area contributed by atoms with Gasteiger partial charge in [-0.3, -0.25) is 0 Å². The van der Waals surface area contributed by atoms with Crippen LogP contribution < -0.4 is 0 Å². The lowest BCUT2D eigenvalue weighted by Crippen LogP contribution is -1.71. The van der Waals surface area contributed by atoms with Crippen LogP contribution in [0.1, 0.15) is 6.92 Å². The first-order valence-corrected chi connectivity index (χ1v) is 4.58. The van der Waals surface area contributed by atoms with Gasteiger partial charge in [-0.2, -0.15) is 0 Å². The Morgan fingerprint density at radius 1 is 2.00 bits per heavy atom. The van der Waals surface area contributed by atoms with Crippen LogP contribution in [0.25, 0.3) is 0 Å². The van der Waals surface area contributed by atoms with Crippen LogP contribution in [0, 0.1) is 0 Å². The molecule has 0 aliphatic rings. The van der Waals surface area contributed by atoms with Gasteiger partial charge in [-0.1, -0.05) is 6.92 Å². The molecular formula is C2H7BIOP. The lowest BCUT2D eigenvalue weighted by atomic mass is 10.8. The topological polar surface area (TPSA) is 9.23 Å². The van der Waals surface area contributed by atoms with Crippen molar-refractivity contribution in [3.63, 3.8) is 0 Å². The van der Waals surface area contributed by atoms with Gasteiger partial charge in [0.05, 0.1) is 0 Å². The summed E-state index contributed by atoms with van der Waals surface area (Å²) in [5, 5.41) is 0. The summed E-state index contributed by atoms with van der Waals surface area (Å²) in [4.78, 5) is 0. The average molecular weight is 216 g/mol. The predicted octanol–water partition coefficient (Wildman–Crippen LogP) is 1.32. The molecule has 4 heteroatoms. The summed E-state index contributed by atoms with van der Waals surface area (Å²) >= 11 is 1.94. The van der Waals surface area contributed by atoms with E-state index >= 15 is 0 Å². The Morgan fingerprint density at radius 3 is 2.50 bits per heavy atom. The standard InChI is InChI=1S/C2H7BIOP/c1-2-6(3)5-4/h2-3H2,1H3. The molecule has 1 unspecified atom stereocenters. The van der Waals surface area contributed by atoms with E-state index in [2.05, 4.69) is 14.5 Å². The minimum absolute atomic E-state index is 0.0895. The van der Waals surface area contributed by atoms with Crippen LogP contribution in [0.15, 0.2) is 0 Å². The molecule has 0 aromatic heterocycles. The van der Waals surface area contributed by atoms with Gasteiger partial charge in [-0.05, 0) is 14.2 Å². The SMILES string of the molecule is BP(CC)OI. The average Bonchev–Trinajstić information content (AvgIpc) is 1.65. The molecule has 0 heterocycles. The molecular weight excluding hydrogens is 209 g/mol. The van der Waals surface area contributed by atoms with Crippen molar-refractivity contribution < 1.29 is 2.85 Å². The highest BCUT2D eigenvalue weighted by Crippen LogP contribution is 2.32. The summed E-state index contributed by atoms with van der Waals surface area (Å²) in [5.41, 5.74) is 0. The minimum Gasteiger partial charge on any atom is -0.304 e. The summed E-state index contributed by atoms with van der Waals surface area (Å²) in [6, 6.07) is 0. The summed E-state index contributed by atoms with van der Waals surface area (Å²) in [5.74, 6) is 0. The van der Waals surface area contributed by atoms with Gasteiger partial charge < -0.3 is 2.85 Å². The molecule has 0 bridgehead atoms. The molecule has 0 saturated heterocycles. The quantitative estimate of drug-likeness (QED) is 0.384. The zero-order valence-electron chi connectivity index (χ0n) is 3.94. The van der Waals surface area contributed by atoms with E-state index in [1.165, 1.54) is 0 Å². The normalized spacial score (nSPS) is 14.3. The molecule has 0 aliphatic carbocycles. The highest BCUT2D eigenvalue weighted by atomic mass is 127. The largest absolute Gasteiger partial charge is 0.304 e. The predicted molar refractivity (Wildman–Crippen MR) is 41.1 cm³/mol. The molecule has 1 nitrogen and oxygen atoms in total. The van der Waals surface area contributed by atoms with E-state index in [0.717, 1.165) is 6.16 Å². The monoisotopic (exact) mass is 216 g/mol. The fourth-order valence-electron chi connectivity index (χ4n) is 0.0488. The number of rotatable bonds is 2. The van der Waals surface area contributed by atoms with E-state index in [1.807, 2.05) is 23.0 Å². The van der Waals surface area contributed by atoms with Crippen molar-refractivity contribution >= 4 is 38.6 Å². The highest BCUT2D eigenvalue weighted by molar-refractivity contribution is 14.1. The molecule has 0 amide bonds. The van der Waals surface area contributed by atoms with Crippen molar-refractivity contribution in [2.75, 3.05) is 6.16 Å². The van der Waals surface area contributed by atoms with E-state index in [9.17, 15) is 0 Å². The smallest absolute Gasteiger partial charge is 0.170 e. The van der Waals surface area contributed by atoms with Gasteiger partial charge in [0.1, 0.15) is 23.0 Å². The van der Waals surface area contributed by atoms with Crippen molar-refractivity contribution in [2.24, 2.45) is 0 Å². The second-order valence-corrected chi connectivity index (χ2v) is 4.22. The first-order valence-electron chi connectivity index (χ1n) is 1.81. The van der Waals surface area contributed by atoms with Crippen LogP contribution in [-0.4, -0.2) is 13.7 Å². The maximum absolute atomic E-state index is 4.93. The molecule has 0 fully saturated rings. The molecule has 0 spiro atoms. The third-order valence-electron chi connectivity index (χ3n) is 0.563. The Balaban J connectivity index is 2.75. The molecule has 0 rings (SSSR count). The van der Waals surface area contributed by atoms with E-state index in [1.54, 1.807) is 0 Å². The molecule has 0 aromatic carbocycles. The maximum atomic E-state index is 4.93. The van der Waals surface area contributed by atoms with Gasteiger partial charge in [0, 0.05) is 0 Å². The van der Waals surface area contributed by atoms with Crippen LogP contribution >= 0.6 is 31.0 Å². The van der Waals surface area contributed by atoms with E-state index in [0.29, 0.717) is 0 Å². The lowest BCUT2D eigenvalue weighted by molar-refractivity contribution is 0.816. The van der Waals surface area contributed by atoms with E-state index in [-0.39, 0.29) is 8.03 Å². The van der Waals surface area contributed by atoms with Crippen LogP contribution in [0.2, 0.25) is 0 Å². The van der Waals surface area contributed by atoms with E-state index in [4.69, 9.17) is 2.85 Å². The number of halogens is 1. The van der Waals surface area contributed by atoms with Gasteiger partial charge in [-0.15, -0.1) is 0 Å². The van der Waals surface area contributed by atoms with E-state index < -0.39 is 0 Å². The molecule has 0 aromatic rings. The van der Waals surface area contributed by atoms with Gasteiger partial charge in [0.15, 0.2) is 7.57 Å². The zero-order chi connectivity index (χ0) is 4.99. The van der Waals surface area contributed by atoms with Crippen molar-refractivity contribution in [1.82, 2.24) is 0 Å². The van der Waals surface area contributed by atoms with Crippen molar-refractivity contribution in [1.29, 1.82) is 0 Å². The maximum Gasteiger partial charge on any atom is 0.170 e. The Kier molecular flexibility index (Phi) is 5.21. The Morgan fingerprint density at radius 2 is 2.50 bits per heavy atom. The third kappa shape index (κ3) is 3.38. The minimum atomic E-state index is -0.0895. The first-order chi connectivity index (χ1) is 2.81. The molecule has 1 atom stereocenters. The third-order valence-corrected chi connectivity index (χ3v) is 3.71. The molecule has 6 heavy (non-hydrogen) atoms. The van der Waals surface area contributed by atoms with Crippen molar-refractivity contribution in [2.45, 2.75) is 6.92 Å². The molecule has 0 aliphatic heterocycles. The highest BCUT2D eigenvalue weighted by Gasteiger charge is 1.90. The lowest BCUT2D eigenvalue weighted by Gasteiger charge is -1.99. The molecule has 0 N–H and O–H groups in total. The van der Waals surface area contributed by atoms with Crippen LogP contribution in [0.3, 0.4) is 0 Å². The second kappa shape index (κ2) is 4.35. The van der Waals surface area contributed by atoms with Crippen molar-refractivity contribution in [3.05, 3.63) is 0 Å². The number of hydrogen-bond donors (Lipinski definition) is 0. The van der Waals surface area contributed by atoms with Crippen LogP contribution in [-0.2, 0) is 2.85 Å². The number of hydrogen-bond acceptors (Lipinski definition) is 1. The Labute approximate surface area is 54.7 Å². The summed E-state index contributed by atoms with van der Waals surface area (Å²) in [7, 11) is 2.02. The fourth-order valence-corrected chi connectivity index (χ4v) is 0.982. The van der Waals surface area contributed by atoms with Gasteiger partial charge >= 0.3 is 0 Å².